The van der Waals surface area contributed by atoms with Gasteiger partial charge in [0.25, 0.3) is 5.69 Å². The molecule has 2 aromatic carbocycles. The molecule has 0 bridgehead atoms. The number of aryl methyl sites for hydroxylation is 1. The maximum Gasteiger partial charge on any atom is 0.293 e. The summed E-state index contributed by atoms with van der Waals surface area (Å²) < 4.78 is 14.3. The number of nitro benzene ring substituents is 1. The zero-order valence-corrected chi connectivity index (χ0v) is 11.6. The normalized spacial score (nSPS) is 10.3. The molecule has 0 radical (unpaired) electrons. The fourth-order valence-corrected chi connectivity index (χ4v) is 2.04. The first-order valence-corrected chi connectivity index (χ1v) is 6.24. The van der Waals surface area contributed by atoms with E-state index in [0.29, 0.717) is 10.0 Å². The number of nitrogens with one attached hydrogen (secondary N) is 1. The SMILES string of the molecule is Cc1cccc(F)c1Nc1ccc(Br)cc1[N+](=O)[O-]. The lowest BCUT2D eigenvalue weighted by molar-refractivity contribution is -0.384. The molecule has 2 rings (SSSR count). The molecule has 2 aromatic rings. The van der Waals surface area contributed by atoms with Crippen LogP contribution >= 0.6 is 15.9 Å². The van der Waals surface area contributed by atoms with Crippen LogP contribution in [0.4, 0.5) is 21.5 Å². The van der Waals surface area contributed by atoms with Crippen LogP contribution in [0.25, 0.3) is 0 Å². The summed E-state index contributed by atoms with van der Waals surface area (Å²) in [5, 5.41) is 13.8. The van der Waals surface area contributed by atoms with Crippen LogP contribution < -0.4 is 5.32 Å². The highest BCUT2D eigenvalue weighted by Gasteiger charge is 2.16. The second-order valence-corrected chi connectivity index (χ2v) is 4.89. The Kier molecular flexibility index (Phi) is 3.80. The smallest absolute Gasteiger partial charge is 0.293 e. The summed E-state index contributed by atoms with van der Waals surface area (Å²) >= 11 is 3.17. The first-order chi connectivity index (χ1) is 8.99. The number of hydrogen-bond donors (Lipinski definition) is 1. The van der Waals surface area contributed by atoms with E-state index in [2.05, 4.69) is 21.2 Å². The van der Waals surface area contributed by atoms with Crippen LogP contribution in [0.2, 0.25) is 0 Å². The highest BCUT2D eigenvalue weighted by molar-refractivity contribution is 9.10. The van der Waals surface area contributed by atoms with Crippen molar-refractivity contribution in [2.24, 2.45) is 0 Å². The van der Waals surface area contributed by atoms with Crippen molar-refractivity contribution < 1.29 is 9.31 Å². The molecule has 0 unspecified atom stereocenters. The van der Waals surface area contributed by atoms with E-state index in [4.69, 9.17) is 0 Å². The second-order valence-electron chi connectivity index (χ2n) is 3.98. The molecule has 0 amide bonds. The summed E-state index contributed by atoms with van der Waals surface area (Å²) in [4.78, 5) is 10.5. The van der Waals surface area contributed by atoms with Crippen LogP contribution in [0.15, 0.2) is 40.9 Å². The summed E-state index contributed by atoms with van der Waals surface area (Å²) in [5.41, 5.74) is 1.06. The number of para-hydroxylation sites is 1. The highest BCUT2D eigenvalue weighted by atomic mass is 79.9. The Morgan fingerprint density at radius 1 is 1.32 bits per heavy atom. The molecule has 19 heavy (non-hydrogen) atoms. The predicted molar refractivity (Wildman–Crippen MR) is 75.2 cm³/mol. The summed E-state index contributed by atoms with van der Waals surface area (Å²) in [6, 6.07) is 9.19. The van der Waals surface area contributed by atoms with Gasteiger partial charge in [0.1, 0.15) is 11.5 Å². The van der Waals surface area contributed by atoms with Gasteiger partial charge in [0.15, 0.2) is 0 Å². The van der Waals surface area contributed by atoms with Gasteiger partial charge in [0, 0.05) is 10.5 Å². The average Bonchev–Trinajstić information content (AvgIpc) is 2.35. The van der Waals surface area contributed by atoms with E-state index < -0.39 is 10.7 Å². The molecule has 0 aliphatic heterocycles. The number of hydrogen-bond acceptors (Lipinski definition) is 3. The van der Waals surface area contributed by atoms with Crippen molar-refractivity contribution >= 4 is 33.0 Å². The molecule has 0 aliphatic carbocycles. The van der Waals surface area contributed by atoms with Crippen molar-refractivity contribution in [1.82, 2.24) is 0 Å². The standard InChI is InChI=1S/C13H10BrFN2O2/c1-8-3-2-4-10(15)13(8)16-11-6-5-9(14)7-12(11)17(18)19/h2-7,16H,1H3. The van der Waals surface area contributed by atoms with Crippen LogP contribution in [0, 0.1) is 22.9 Å². The quantitative estimate of drug-likeness (QED) is 0.665. The summed E-state index contributed by atoms with van der Waals surface area (Å²) in [7, 11) is 0. The van der Waals surface area contributed by atoms with Crippen LogP contribution in [0.3, 0.4) is 0 Å². The Bertz CT molecular complexity index is 626. The number of benzene rings is 2. The lowest BCUT2D eigenvalue weighted by Crippen LogP contribution is -2.00. The predicted octanol–water partition coefficient (Wildman–Crippen LogP) is 4.55. The minimum Gasteiger partial charge on any atom is -0.347 e. The number of nitro groups is 1. The van der Waals surface area contributed by atoms with Gasteiger partial charge in [-0.15, -0.1) is 0 Å². The Morgan fingerprint density at radius 2 is 2.05 bits per heavy atom. The van der Waals surface area contributed by atoms with Crippen LogP contribution in [0.1, 0.15) is 5.56 Å². The van der Waals surface area contributed by atoms with Gasteiger partial charge < -0.3 is 5.32 Å². The van der Waals surface area contributed by atoms with Crippen LogP contribution in [-0.4, -0.2) is 4.92 Å². The third kappa shape index (κ3) is 2.90. The van der Waals surface area contributed by atoms with Gasteiger partial charge in [-0.2, -0.15) is 0 Å². The number of nitrogens with zero attached hydrogens (tertiary/aromatic N) is 1. The molecular weight excluding hydrogens is 315 g/mol. The molecule has 0 atom stereocenters. The molecule has 4 nitrogen and oxygen atoms in total. The number of rotatable bonds is 3. The van der Waals surface area contributed by atoms with E-state index >= 15 is 0 Å². The molecule has 0 spiro atoms. The molecule has 0 saturated carbocycles. The van der Waals surface area contributed by atoms with Crippen molar-refractivity contribution in [1.29, 1.82) is 0 Å². The van der Waals surface area contributed by atoms with Crippen LogP contribution in [-0.2, 0) is 0 Å². The molecule has 0 aliphatic rings. The van der Waals surface area contributed by atoms with Gasteiger partial charge in [-0.25, -0.2) is 4.39 Å². The Morgan fingerprint density at radius 3 is 2.68 bits per heavy atom. The maximum absolute atomic E-state index is 13.7. The molecule has 0 heterocycles. The monoisotopic (exact) mass is 324 g/mol. The summed E-state index contributed by atoms with van der Waals surface area (Å²) in [6.45, 7) is 1.73. The molecule has 0 fully saturated rings. The lowest BCUT2D eigenvalue weighted by atomic mass is 10.1. The number of halogens is 2. The Labute approximate surface area is 117 Å². The van der Waals surface area contributed by atoms with Crippen LogP contribution in [0.5, 0.6) is 0 Å². The van der Waals surface area contributed by atoms with Crippen molar-refractivity contribution in [3.8, 4) is 0 Å². The van der Waals surface area contributed by atoms with E-state index in [0.717, 1.165) is 0 Å². The Hall–Kier alpha value is -1.95. The molecule has 0 aromatic heterocycles. The van der Waals surface area contributed by atoms with Gasteiger partial charge >= 0.3 is 0 Å². The highest BCUT2D eigenvalue weighted by Crippen LogP contribution is 2.32. The van der Waals surface area contributed by atoms with Crippen molar-refractivity contribution in [3.63, 3.8) is 0 Å². The first kappa shape index (κ1) is 13.5. The maximum atomic E-state index is 13.7. The minimum absolute atomic E-state index is 0.114. The van der Waals surface area contributed by atoms with Crippen molar-refractivity contribution in [3.05, 3.63) is 62.4 Å². The van der Waals surface area contributed by atoms with Gasteiger partial charge in [-0.1, -0.05) is 28.1 Å². The topological polar surface area (TPSA) is 55.2 Å². The fourth-order valence-electron chi connectivity index (χ4n) is 1.69. The zero-order valence-electron chi connectivity index (χ0n) is 9.98. The van der Waals surface area contributed by atoms with E-state index in [1.807, 2.05) is 0 Å². The molecule has 0 saturated heterocycles. The third-order valence-corrected chi connectivity index (χ3v) is 3.13. The van der Waals surface area contributed by atoms with Crippen molar-refractivity contribution in [2.45, 2.75) is 6.92 Å². The first-order valence-electron chi connectivity index (χ1n) is 5.45. The fraction of sp³-hybridized carbons (Fsp3) is 0.0769. The summed E-state index contributed by atoms with van der Waals surface area (Å²) in [5.74, 6) is -0.447. The molecule has 98 valence electrons. The van der Waals surface area contributed by atoms with Gasteiger partial charge in [-0.05, 0) is 30.7 Å². The number of anilines is 2. The molecular formula is C13H10BrFN2O2. The van der Waals surface area contributed by atoms with E-state index in [1.165, 1.54) is 18.2 Å². The van der Waals surface area contributed by atoms with Gasteiger partial charge in [0.05, 0.1) is 10.6 Å². The van der Waals surface area contributed by atoms with E-state index in [-0.39, 0.29) is 17.1 Å². The zero-order chi connectivity index (χ0) is 14.0. The molecule has 6 heteroatoms. The lowest BCUT2D eigenvalue weighted by Gasteiger charge is -2.11. The van der Waals surface area contributed by atoms with Crippen molar-refractivity contribution in [2.75, 3.05) is 5.32 Å². The third-order valence-electron chi connectivity index (χ3n) is 2.64. The summed E-state index contributed by atoms with van der Waals surface area (Å²) in [6.07, 6.45) is 0. The van der Waals surface area contributed by atoms with Gasteiger partial charge in [-0.3, -0.25) is 10.1 Å². The van der Waals surface area contributed by atoms with E-state index in [9.17, 15) is 14.5 Å². The Balaban J connectivity index is 2.47. The average molecular weight is 325 g/mol. The minimum atomic E-state index is -0.511. The largest absolute Gasteiger partial charge is 0.347 e. The van der Waals surface area contributed by atoms with Gasteiger partial charge in [0.2, 0.25) is 0 Å². The second kappa shape index (κ2) is 5.36. The molecule has 1 N–H and O–H groups in total. The van der Waals surface area contributed by atoms with E-state index in [1.54, 1.807) is 25.1 Å².